The van der Waals surface area contributed by atoms with Gasteiger partial charge >= 0.3 is 5.97 Å². The van der Waals surface area contributed by atoms with Crippen LogP contribution in [0.2, 0.25) is 5.02 Å². The Hall–Kier alpha value is -1.52. The summed E-state index contributed by atoms with van der Waals surface area (Å²) in [5.41, 5.74) is 2.65. The van der Waals surface area contributed by atoms with E-state index in [1.54, 1.807) is 12.1 Å². The van der Waals surface area contributed by atoms with Gasteiger partial charge in [0.1, 0.15) is 0 Å². The Kier molecular flexibility index (Phi) is 5.26. The van der Waals surface area contributed by atoms with Crippen molar-refractivity contribution in [2.75, 3.05) is 12.4 Å². The molecule has 0 aliphatic rings. The minimum atomic E-state index is -0.635. The highest BCUT2D eigenvalue weighted by Gasteiger charge is 2.24. The van der Waals surface area contributed by atoms with Crippen molar-refractivity contribution in [2.24, 2.45) is 0 Å². The Morgan fingerprint density at radius 2 is 2.00 bits per heavy atom. The second-order valence-electron chi connectivity index (χ2n) is 4.58. The van der Waals surface area contributed by atoms with Gasteiger partial charge in [0.2, 0.25) is 0 Å². The van der Waals surface area contributed by atoms with Crippen molar-refractivity contribution in [3.8, 4) is 0 Å². The maximum Gasteiger partial charge on any atom is 0.333 e. The molecule has 0 saturated carbocycles. The zero-order valence-electron chi connectivity index (χ0n) is 11.7. The standard InChI is InChI=1S/C16H15BrClNO2/c1-10-5-3-4-6-14(10)19-15(16(20)21-2)12-9-11(18)7-8-13(12)17/h3-9,15,19H,1-2H3. The smallest absolute Gasteiger partial charge is 0.333 e. The molecule has 0 saturated heterocycles. The first-order valence-corrected chi connectivity index (χ1v) is 7.55. The van der Waals surface area contributed by atoms with Gasteiger partial charge in [0.25, 0.3) is 0 Å². The van der Waals surface area contributed by atoms with Crippen LogP contribution in [-0.2, 0) is 9.53 Å². The Morgan fingerprint density at radius 3 is 2.67 bits per heavy atom. The molecule has 1 atom stereocenters. The van der Waals surface area contributed by atoms with Gasteiger partial charge < -0.3 is 10.1 Å². The molecule has 0 spiro atoms. The first-order valence-electron chi connectivity index (χ1n) is 6.38. The van der Waals surface area contributed by atoms with Gasteiger partial charge in [-0.2, -0.15) is 0 Å². The molecule has 2 aromatic rings. The fourth-order valence-corrected chi connectivity index (χ4v) is 2.66. The normalized spacial score (nSPS) is 11.8. The molecule has 0 fully saturated rings. The summed E-state index contributed by atoms with van der Waals surface area (Å²) in [7, 11) is 1.37. The third-order valence-corrected chi connectivity index (χ3v) is 4.11. The molecule has 2 rings (SSSR count). The Balaban J connectivity index is 2.42. The molecule has 110 valence electrons. The number of methoxy groups -OCH3 is 1. The molecule has 0 amide bonds. The summed E-state index contributed by atoms with van der Waals surface area (Å²) in [6.45, 7) is 1.98. The number of hydrogen-bond donors (Lipinski definition) is 1. The molecular weight excluding hydrogens is 354 g/mol. The van der Waals surface area contributed by atoms with Gasteiger partial charge in [0.05, 0.1) is 7.11 Å². The Morgan fingerprint density at radius 1 is 1.29 bits per heavy atom. The second kappa shape index (κ2) is 6.96. The van der Waals surface area contributed by atoms with Crippen molar-refractivity contribution in [1.82, 2.24) is 0 Å². The number of ether oxygens (including phenoxy) is 1. The first-order chi connectivity index (χ1) is 10.0. The van der Waals surface area contributed by atoms with Gasteiger partial charge in [0, 0.05) is 20.7 Å². The van der Waals surface area contributed by atoms with Crippen LogP contribution in [0.25, 0.3) is 0 Å². The average molecular weight is 369 g/mol. The highest BCUT2D eigenvalue weighted by atomic mass is 79.9. The zero-order valence-corrected chi connectivity index (χ0v) is 14.0. The number of anilines is 1. The molecule has 0 bridgehead atoms. The largest absolute Gasteiger partial charge is 0.467 e. The van der Waals surface area contributed by atoms with Crippen molar-refractivity contribution in [1.29, 1.82) is 0 Å². The first kappa shape index (κ1) is 15.9. The maximum atomic E-state index is 12.1. The number of esters is 1. The second-order valence-corrected chi connectivity index (χ2v) is 5.87. The minimum Gasteiger partial charge on any atom is -0.467 e. The summed E-state index contributed by atoms with van der Waals surface area (Å²) < 4.78 is 5.70. The van der Waals surface area contributed by atoms with Gasteiger partial charge in [-0.25, -0.2) is 4.79 Å². The number of benzene rings is 2. The summed E-state index contributed by atoms with van der Waals surface area (Å²) in [5, 5.41) is 3.78. The number of rotatable bonds is 4. The summed E-state index contributed by atoms with van der Waals surface area (Å²) in [6.07, 6.45) is 0. The minimum absolute atomic E-state index is 0.374. The quantitative estimate of drug-likeness (QED) is 0.792. The van der Waals surface area contributed by atoms with E-state index in [0.29, 0.717) is 5.02 Å². The molecule has 0 radical (unpaired) electrons. The van der Waals surface area contributed by atoms with E-state index < -0.39 is 6.04 Å². The van der Waals surface area contributed by atoms with Gasteiger partial charge in [-0.15, -0.1) is 0 Å². The summed E-state index contributed by atoms with van der Waals surface area (Å²) >= 11 is 9.50. The molecule has 1 N–H and O–H groups in total. The molecule has 2 aromatic carbocycles. The van der Waals surface area contributed by atoms with Crippen molar-refractivity contribution >= 4 is 39.2 Å². The van der Waals surface area contributed by atoms with E-state index >= 15 is 0 Å². The third kappa shape index (κ3) is 3.77. The lowest BCUT2D eigenvalue weighted by Gasteiger charge is -2.20. The van der Waals surface area contributed by atoms with Crippen LogP contribution in [0.3, 0.4) is 0 Å². The molecule has 0 aliphatic carbocycles. The number of carbonyl (C=O) groups excluding carboxylic acids is 1. The maximum absolute atomic E-state index is 12.1. The molecular formula is C16H15BrClNO2. The van der Waals surface area contributed by atoms with Crippen molar-refractivity contribution in [2.45, 2.75) is 13.0 Å². The van der Waals surface area contributed by atoms with E-state index in [9.17, 15) is 4.79 Å². The Labute approximate surface area is 137 Å². The van der Waals surface area contributed by atoms with Crippen LogP contribution in [-0.4, -0.2) is 13.1 Å². The number of para-hydroxylation sites is 1. The van der Waals surface area contributed by atoms with E-state index in [1.165, 1.54) is 7.11 Å². The molecule has 3 nitrogen and oxygen atoms in total. The SMILES string of the molecule is COC(=O)C(Nc1ccccc1C)c1cc(Cl)ccc1Br. The fraction of sp³-hybridized carbons (Fsp3) is 0.188. The lowest BCUT2D eigenvalue weighted by atomic mass is 10.1. The molecule has 21 heavy (non-hydrogen) atoms. The van der Waals surface area contributed by atoms with E-state index in [2.05, 4.69) is 21.2 Å². The lowest BCUT2D eigenvalue weighted by molar-refractivity contribution is -0.141. The van der Waals surface area contributed by atoms with Crippen LogP contribution in [0.15, 0.2) is 46.9 Å². The van der Waals surface area contributed by atoms with Crippen LogP contribution < -0.4 is 5.32 Å². The van der Waals surface area contributed by atoms with Crippen LogP contribution >= 0.6 is 27.5 Å². The number of nitrogens with one attached hydrogen (secondary N) is 1. The van der Waals surface area contributed by atoms with Crippen molar-refractivity contribution in [3.05, 3.63) is 63.1 Å². The molecule has 0 aromatic heterocycles. The number of hydrogen-bond acceptors (Lipinski definition) is 3. The van der Waals surface area contributed by atoms with Crippen LogP contribution in [0.4, 0.5) is 5.69 Å². The zero-order chi connectivity index (χ0) is 15.4. The topological polar surface area (TPSA) is 38.3 Å². The number of carbonyl (C=O) groups is 1. The van der Waals surface area contributed by atoms with E-state index in [1.807, 2.05) is 37.3 Å². The molecule has 0 aliphatic heterocycles. The van der Waals surface area contributed by atoms with Crippen molar-refractivity contribution < 1.29 is 9.53 Å². The van der Waals surface area contributed by atoms with E-state index in [-0.39, 0.29) is 5.97 Å². The van der Waals surface area contributed by atoms with Crippen molar-refractivity contribution in [3.63, 3.8) is 0 Å². The monoisotopic (exact) mass is 367 g/mol. The summed E-state index contributed by atoms with van der Waals surface area (Å²) in [5.74, 6) is -0.374. The van der Waals surface area contributed by atoms with Gasteiger partial charge in [0.15, 0.2) is 6.04 Å². The summed E-state index contributed by atoms with van der Waals surface area (Å²) in [4.78, 5) is 12.1. The molecule has 1 unspecified atom stereocenters. The number of aryl methyl sites for hydroxylation is 1. The van der Waals surface area contributed by atoms with Gasteiger partial charge in [-0.1, -0.05) is 45.7 Å². The predicted octanol–water partition coefficient (Wildman–Crippen LogP) is 4.74. The van der Waals surface area contributed by atoms with E-state index in [0.717, 1.165) is 21.3 Å². The predicted molar refractivity (Wildman–Crippen MR) is 88.7 cm³/mol. The molecule has 0 heterocycles. The van der Waals surface area contributed by atoms with E-state index in [4.69, 9.17) is 16.3 Å². The van der Waals surface area contributed by atoms with Crippen LogP contribution in [0, 0.1) is 6.92 Å². The average Bonchev–Trinajstić information content (AvgIpc) is 2.48. The summed E-state index contributed by atoms with van der Waals surface area (Å²) in [6, 6.07) is 12.4. The highest BCUT2D eigenvalue weighted by Crippen LogP contribution is 2.30. The van der Waals surface area contributed by atoms with Crippen LogP contribution in [0.5, 0.6) is 0 Å². The fourth-order valence-electron chi connectivity index (χ4n) is 2.01. The van der Waals surface area contributed by atoms with Gasteiger partial charge in [-0.05, 0) is 36.8 Å². The van der Waals surface area contributed by atoms with Crippen LogP contribution in [0.1, 0.15) is 17.2 Å². The third-order valence-electron chi connectivity index (χ3n) is 3.15. The Bertz CT molecular complexity index is 660. The lowest BCUT2D eigenvalue weighted by Crippen LogP contribution is -2.23. The highest BCUT2D eigenvalue weighted by molar-refractivity contribution is 9.10. The molecule has 5 heteroatoms. The van der Waals surface area contributed by atoms with Gasteiger partial charge in [-0.3, -0.25) is 0 Å². The number of halogens is 2.